The number of alkyl halides is 2. The Bertz CT molecular complexity index is 509. The summed E-state index contributed by atoms with van der Waals surface area (Å²) in [5.74, 6) is 0.877. The predicted octanol–water partition coefficient (Wildman–Crippen LogP) is 3.39. The second-order valence-corrected chi connectivity index (χ2v) is 5.63. The van der Waals surface area contributed by atoms with Gasteiger partial charge in [-0.05, 0) is 50.4 Å². The van der Waals surface area contributed by atoms with Crippen molar-refractivity contribution in [3.63, 3.8) is 0 Å². The number of hydrogen-bond acceptors (Lipinski definition) is 3. The number of rotatable bonds is 7. The van der Waals surface area contributed by atoms with Crippen LogP contribution in [-0.4, -0.2) is 32.0 Å². The highest BCUT2D eigenvalue weighted by Gasteiger charge is 2.16. The SMILES string of the molecule is Cc1ccc(NC(=O)CCC2CCNC2)cc1OCC(F)F.Cl. The summed E-state index contributed by atoms with van der Waals surface area (Å²) < 4.78 is 29.5. The van der Waals surface area contributed by atoms with E-state index in [-0.39, 0.29) is 18.3 Å². The van der Waals surface area contributed by atoms with Gasteiger partial charge in [-0.25, -0.2) is 8.78 Å². The average Bonchev–Trinajstić information content (AvgIpc) is 2.99. The summed E-state index contributed by atoms with van der Waals surface area (Å²) in [7, 11) is 0. The fraction of sp³-hybridized carbons (Fsp3) is 0.562. The van der Waals surface area contributed by atoms with Gasteiger partial charge in [-0.3, -0.25) is 4.79 Å². The molecule has 0 radical (unpaired) electrons. The third kappa shape index (κ3) is 6.71. The van der Waals surface area contributed by atoms with Crippen LogP contribution in [-0.2, 0) is 4.79 Å². The number of benzene rings is 1. The van der Waals surface area contributed by atoms with Gasteiger partial charge in [0.15, 0.2) is 0 Å². The van der Waals surface area contributed by atoms with E-state index in [2.05, 4.69) is 10.6 Å². The zero-order chi connectivity index (χ0) is 15.9. The molecule has 2 N–H and O–H groups in total. The number of carbonyl (C=O) groups excluding carboxylic acids is 1. The van der Waals surface area contributed by atoms with E-state index in [1.54, 1.807) is 25.1 Å². The quantitative estimate of drug-likeness (QED) is 0.794. The predicted molar refractivity (Wildman–Crippen MR) is 88.8 cm³/mol. The maximum atomic E-state index is 12.2. The van der Waals surface area contributed by atoms with Gasteiger partial charge >= 0.3 is 0 Å². The second kappa shape index (κ2) is 9.67. The molecule has 1 atom stereocenters. The molecule has 0 aliphatic carbocycles. The molecule has 1 fully saturated rings. The molecule has 1 aromatic rings. The molecule has 2 rings (SSSR count). The number of halogens is 3. The van der Waals surface area contributed by atoms with E-state index < -0.39 is 13.0 Å². The van der Waals surface area contributed by atoms with Crippen LogP contribution in [0.15, 0.2) is 18.2 Å². The first-order valence-electron chi connectivity index (χ1n) is 7.57. The lowest BCUT2D eigenvalue weighted by molar-refractivity contribution is -0.116. The Hall–Kier alpha value is -1.40. The fourth-order valence-corrected chi connectivity index (χ4v) is 2.51. The van der Waals surface area contributed by atoms with Gasteiger partial charge in [-0.1, -0.05) is 6.07 Å². The van der Waals surface area contributed by atoms with Crippen molar-refractivity contribution in [3.8, 4) is 5.75 Å². The van der Waals surface area contributed by atoms with Gasteiger partial charge < -0.3 is 15.4 Å². The highest BCUT2D eigenvalue weighted by molar-refractivity contribution is 5.90. The molecule has 1 aliphatic rings. The smallest absolute Gasteiger partial charge is 0.272 e. The Labute approximate surface area is 141 Å². The molecule has 7 heteroatoms. The van der Waals surface area contributed by atoms with Crippen molar-refractivity contribution < 1.29 is 18.3 Å². The van der Waals surface area contributed by atoms with Crippen molar-refractivity contribution in [3.05, 3.63) is 23.8 Å². The maximum Gasteiger partial charge on any atom is 0.272 e. The third-order valence-corrected chi connectivity index (χ3v) is 3.78. The van der Waals surface area contributed by atoms with E-state index in [0.717, 1.165) is 31.5 Å². The molecule has 1 aliphatic heterocycles. The van der Waals surface area contributed by atoms with Crippen LogP contribution < -0.4 is 15.4 Å². The second-order valence-electron chi connectivity index (χ2n) is 5.63. The van der Waals surface area contributed by atoms with Crippen LogP contribution in [0.25, 0.3) is 0 Å². The normalized spacial score (nSPS) is 17.0. The lowest BCUT2D eigenvalue weighted by atomic mass is 10.0. The maximum absolute atomic E-state index is 12.2. The van der Waals surface area contributed by atoms with E-state index >= 15 is 0 Å². The van der Waals surface area contributed by atoms with Crippen molar-refractivity contribution in [2.24, 2.45) is 5.92 Å². The zero-order valence-corrected chi connectivity index (χ0v) is 13.9. The van der Waals surface area contributed by atoms with Crippen molar-refractivity contribution in [1.29, 1.82) is 0 Å². The molecular formula is C16H23ClF2N2O2. The van der Waals surface area contributed by atoms with Gasteiger partial charge in [0.1, 0.15) is 12.4 Å². The van der Waals surface area contributed by atoms with Crippen molar-refractivity contribution >= 4 is 24.0 Å². The van der Waals surface area contributed by atoms with Crippen LogP contribution >= 0.6 is 12.4 Å². The minimum atomic E-state index is -2.52. The van der Waals surface area contributed by atoms with Crippen LogP contribution in [0.3, 0.4) is 0 Å². The highest BCUT2D eigenvalue weighted by Crippen LogP contribution is 2.23. The highest BCUT2D eigenvalue weighted by atomic mass is 35.5. The lowest BCUT2D eigenvalue weighted by Crippen LogP contribution is -2.15. The van der Waals surface area contributed by atoms with Crippen LogP contribution in [0, 0.1) is 12.8 Å². The van der Waals surface area contributed by atoms with Crippen molar-refractivity contribution in [2.45, 2.75) is 32.6 Å². The summed E-state index contributed by atoms with van der Waals surface area (Å²) in [6, 6.07) is 5.09. The Morgan fingerprint density at radius 2 is 2.26 bits per heavy atom. The summed E-state index contributed by atoms with van der Waals surface area (Å²) in [5.41, 5.74) is 1.33. The van der Waals surface area contributed by atoms with E-state index in [4.69, 9.17) is 4.74 Å². The third-order valence-electron chi connectivity index (χ3n) is 3.78. The van der Waals surface area contributed by atoms with Crippen molar-refractivity contribution in [1.82, 2.24) is 5.32 Å². The van der Waals surface area contributed by atoms with Gasteiger partial charge in [0.2, 0.25) is 5.91 Å². The topological polar surface area (TPSA) is 50.4 Å². The van der Waals surface area contributed by atoms with Gasteiger partial charge in [0.25, 0.3) is 6.43 Å². The first-order valence-corrected chi connectivity index (χ1v) is 7.57. The van der Waals surface area contributed by atoms with Gasteiger partial charge in [-0.2, -0.15) is 0 Å². The molecule has 130 valence electrons. The van der Waals surface area contributed by atoms with Gasteiger partial charge in [0, 0.05) is 18.2 Å². The molecule has 0 spiro atoms. The van der Waals surface area contributed by atoms with Crippen LogP contribution in [0.4, 0.5) is 14.5 Å². The molecule has 1 unspecified atom stereocenters. The minimum Gasteiger partial charge on any atom is -0.487 e. The molecule has 0 aromatic heterocycles. The molecule has 1 aromatic carbocycles. The number of nitrogens with one attached hydrogen (secondary N) is 2. The van der Waals surface area contributed by atoms with E-state index in [9.17, 15) is 13.6 Å². The van der Waals surface area contributed by atoms with Gasteiger partial charge in [-0.15, -0.1) is 12.4 Å². The van der Waals surface area contributed by atoms with Gasteiger partial charge in [0.05, 0.1) is 0 Å². The van der Waals surface area contributed by atoms with Crippen molar-refractivity contribution in [2.75, 3.05) is 25.0 Å². The molecule has 1 heterocycles. The first-order chi connectivity index (χ1) is 10.5. The molecular weight excluding hydrogens is 326 g/mol. The van der Waals surface area contributed by atoms with Crippen LogP contribution in [0.1, 0.15) is 24.8 Å². The number of anilines is 1. The summed E-state index contributed by atoms with van der Waals surface area (Å²) in [6.07, 6.45) is -0.0753. The molecule has 4 nitrogen and oxygen atoms in total. The van der Waals surface area contributed by atoms with Crippen LogP contribution in [0.2, 0.25) is 0 Å². The standard InChI is InChI=1S/C16H22F2N2O2.ClH/c1-11-2-4-13(8-14(11)22-10-15(17)18)20-16(21)5-3-12-6-7-19-9-12;/h2,4,8,12,15,19H,3,5-7,9-10H2,1H3,(H,20,21);1H. The molecule has 1 amide bonds. The zero-order valence-electron chi connectivity index (χ0n) is 13.1. The summed E-state index contributed by atoms with van der Waals surface area (Å²) >= 11 is 0. The molecule has 0 saturated carbocycles. The largest absolute Gasteiger partial charge is 0.487 e. The Balaban J connectivity index is 0.00000264. The van der Waals surface area contributed by atoms with E-state index in [1.165, 1.54) is 0 Å². The number of carbonyl (C=O) groups is 1. The number of hydrogen-bond donors (Lipinski definition) is 2. The van der Waals surface area contributed by atoms with E-state index in [0.29, 0.717) is 23.8 Å². The summed E-state index contributed by atoms with van der Waals surface area (Å²) in [5, 5.41) is 6.07. The Kier molecular flexibility index (Phi) is 8.26. The fourth-order valence-electron chi connectivity index (χ4n) is 2.51. The Morgan fingerprint density at radius 1 is 1.48 bits per heavy atom. The average molecular weight is 349 g/mol. The molecule has 1 saturated heterocycles. The molecule has 23 heavy (non-hydrogen) atoms. The number of ether oxygens (including phenoxy) is 1. The Morgan fingerprint density at radius 3 is 2.91 bits per heavy atom. The first kappa shape index (κ1) is 19.6. The monoisotopic (exact) mass is 348 g/mol. The lowest BCUT2D eigenvalue weighted by Gasteiger charge is -2.12. The van der Waals surface area contributed by atoms with E-state index in [1.807, 2.05) is 0 Å². The molecule has 0 bridgehead atoms. The minimum absolute atomic E-state index is 0. The summed E-state index contributed by atoms with van der Waals surface area (Å²) in [4.78, 5) is 11.9. The van der Waals surface area contributed by atoms with Crippen LogP contribution in [0.5, 0.6) is 5.75 Å². The summed E-state index contributed by atoms with van der Waals surface area (Å²) in [6.45, 7) is 3.13. The number of amides is 1. The number of aryl methyl sites for hydroxylation is 1.